The van der Waals surface area contributed by atoms with E-state index in [0.717, 1.165) is 38.8 Å². The minimum absolute atomic E-state index is 0.0792. The van der Waals surface area contributed by atoms with Crippen LogP contribution < -0.4 is 5.32 Å². The van der Waals surface area contributed by atoms with Crippen molar-refractivity contribution in [2.24, 2.45) is 0 Å². The molecule has 0 aromatic heterocycles. The van der Waals surface area contributed by atoms with Gasteiger partial charge in [0.25, 0.3) is 0 Å². The van der Waals surface area contributed by atoms with Gasteiger partial charge in [0.2, 0.25) is 5.91 Å². The van der Waals surface area contributed by atoms with Crippen LogP contribution in [0, 0.1) is 13.8 Å². The Hall–Kier alpha value is -1.35. The number of nitrogens with one attached hydrogen (secondary N) is 1. The summed E-state index contributed by atoms with van der Waals surface area (Å²) in [7, 11) is 0. The molecule has 1 aliphatic heterocycles. The highest BCUT2D eigenvalue weighted by Crippen LogP contribution is 2.25. The maximum absolute atomic E-state index is 12.3. The summed E-state index contributed by atoms with van der Waals surface area (Å²) in [4.78, 5) is 14.6. The van der Waals surface area contributed by atoms with Crippen LogP contribution in [0.15, 0.2) is 18.2 Å². The summed E-state index contributed by atoms with van der Waals surface area (Å²) in [6.07, 6.45) is 4.46. The van der Waals surface area contributed by atoms with Gasteiger partial charge < -0.3 is 5.32 Å². The lowest BCUT2D eigenvalue weighted by molar-refractivity contribution is -0.125. The molecule has 108 valence electrons. The van der Waals surface area contributed by atoms with Crippen molar-refractivity contribution >= 4 is 5.91 Å². The third kappa shape index (κ3) is 2.88. The smallest absolute Gasteiger partial charge is 0.237 e. The van der Waals surface area contributed by atoms with E-state index < -0.39 is 0 Å². The van der Waals surface area contributed by atoms with Crippen LogP contribution in [-0.2, 0) is 11.3 Å². The molecule has 1 aromatic rings. The third-order valence-electron chi connectivity index (χ3n) is 4.68. The number of hydrogen-bond donors (Lipinski definition) is 1. The summed E-state index contributed by atoms with van der Waals surface area (Å²) in [5.74, 6) is 0.246. The van der Waals surface area contributed by atoms with Crippen LogP contribution in [-0.4, -0.2) is 29.4 Å². The van der Waals surface area contributed by atoms with Crippen LogP contribution in [0.2, 0.25) is 0 Å². The fourth-order valence-electron chi connectivity index (χ4n) is 3.04. The molecule has 1 saturated carbocycles. The fraction of sp³-hybridized carbons (Fsp3) is 0.588. The fourth-order valence-corrected chi connectivity index (χ4v) is 3.04. The second-order valence-electron chi connectivity index (χ2n) is 6.27. The zero-order valence-electron chi connectivity index (χ0n) is 12.5. The van der Waals surface area contributed by atoms with Crippen molar-refractivity contribution in [3.8, 4) is 0 Å². The Morgan fingerprint density at radius 3 is 2.85 bits per heavy atom. The topological polar surface area (TPSA) is 32.3 Å². The molecule has 0 unspecified atom stereocenters. The Morgan fingerprint density at radius 1 is 1.30 bits per heavy atom. The number of carbonyl (C=O) groups excluding carboxylic acids is 1. The van der Waals surface area contributed by atoms with Gasteiger partial charge in [0.05, 0.1) is 6.04 Å². The zero-order valence-corrected chi connectivity index (χ0v) is 12.5. The van der Waals surface area contributed by atoms with Crippen LogP contribution in [0.25, 0.3) is 0 Å². The first-order valence-corrected chi connectivity index (χ1v) is 7.74. The van der Waals surface area contributed by atoms with Gasteiger partial charge in [0, 0.05) is 12.6 Å². The lowest BCUT2D eigenvalue weighted by Crippen LogP contribution is -2.43. The monoisotopic (exact) mass is 272 g/mol. The molecule has 0 bridgehead atoms. The number of rotatable bonds is 4. The highest BCUT2D eigenvalue weighted by Gasteiger charge is 2.33. The van der Waals surface area contributed by atoms with Crippen LogP contribution in [0.4, 0.5) is 0 Å². The van der Waals surface area contributed by atoms with Gasteiger partial charge in [-0.1, -0.05) is 18.2 Å². The molecule has 3 rings (SSSR count). The van der Waals surface area contributed by atoms with Gasteiger partial charge in [-0.05, 0) is 62.8 Å². The van der Waals surface area contributed by atoms with E-state index in [1.807, 2.05) is 0 Å². The minimum atomic E-state index is 0.0792. The van der Waals surface area contributed by atoms with Crippen molar-refractivity contribution in [2.45, 2.75) is 58.2 Å². The first-order valence-electron chi connectivity index (χ1n) is 7.74. The van der Waals surface area contributed by atoms with Gasteiger partial charge in [0.1, 0.15) is 0 Å². The maximum atomic E-state index is 12.3. The predicted molar refractivity (Wildman–Crippen MR) is 80.5 cm³/mol. The van der Waals surface area contributed by atoms with E-state index in [4.69, 9.17) is 0 Å². The lowest BCUT2D eigenvalue weighted by Gasteiger charge is -2.24. The summed E-state index contributed by atoms with van der Waals surface area (Å²) >= 11 is 0. The average Bonchev–Trinajstić information content (AvgIpc) is 3.11. The lowest BCUT2D eigenvalue weighted by atomic mass is 10.0. The molecule has 3 heteroatoms. The molecule has 1 aromatic carbocycles. The Morgan fingerprint density at radius 2 is 2.10 bits per heavy atom. The number of likely N-dealkylation sites (tertiary alicyclic amines) is 1. The van der Waals surface area contributed by atoms with Gasteiger partial charge in [-0.15, -0.1) is 0 Å². The number of hydrogen-bond acceptors (Lipinski definition) is 2. The Labute approximate surface area is 121 Å². The molecule has 20 heavy (non-hydrogen) atoms. The van der Waals surface area contributed by atoms with E-state index in [1.54, 1.807) is 0 Å². The standard InChI is InChI=1S/C17H24N2O/c1-12-5-3-6-14(13(12)2)11-19-10-4-7-16(19)17(20)18-15-8-9-15/h3,5-6,15-16H,4,7-11H2,1-2H3,(H,18,20)/t16-/m0/s1. The third-order valence-corrected chi connectivity index (χ3v) is 4.68. The zero-order chi connectivity index (χ0) is 14.1. The van der Waals surface area contributed by atoms with E-state index in [2.05, 4.69) is 42.3 Å². The number of carbonyl (C=O) groups is 1. The molecule has 0 radical (unpaired) electrons. The molecule has 1 N–H and O–H groups in total. The maximum Gasteiger partial charge on any atom is 0.237 e. The normalized spacial score (nSPS) is 23.0. The van der Waals surface area contributed by atoms with Crippen LogP contribution in [0.3, 0.4) is 0 Å². The summed E-state index contributed by atoms with van der Waals surface area (Å²) in [5.41, 5.74) is 4.05. The van der Waals surface area contributed by atoms with Crippen molar-refractivity contribution in [1.82, 2.24) is 10.2 Å². The summed E-state index contributed by atoms with van der Waals surface area (Å²) < 4.78 is 0. The first kappa shape index (κ1) is 13.6. The van der Waals surface area contributed by atoms with Crippen molar-refractivity contribution in [3.63, 3.8) is 0 Å². The predicted octanol–water partition coefficient (Wildman–Crippen LogP) is 2.55. The Bertz CT molecular complexity index is 508. The summed E-state index contributed by atoms with van der Waals surface area (Å²) in [6.45, 7) is 6.27. The molecule has 1 saturated heterocycles. The SMILES string of the molecule is Cc1cccc(CN2CCC[C@H]2C(=O)NC2CC2)c1C. The Balaban J connectivity index is 1.68. The molecular formula is C17H24N2O. The number of amides is 1. The Kier molecular flexibility index (Phi) is 3.79. The van der Waals surface area contributed by atoms with Crippen LogP contribution in [0.5, 0.6) is 0 Å². The molecule has 2 aliphatic rings. The molecule has 1 heterocycles. The highest BCUT2D eigenvalue weighted by molar-refractivity contribution is 5.82. The quantitative estimate of drug-likeness (QED) is 0.913. The van der Waals surface area contributed by atoms with E-state index in [-0.39, 0.29) is 11.9 Å². The number of nitrogens with zero attached hydrogens (tertiary/aromatic N) is 1. The molecule has 1 aliphatic carbocycles. The van der Waals surface area contributed by atoms with Crippen molar-refractivity contribution in [2.75, 3.05) is 6.54 Å². The van der Waals surface area contributed by atoms with E-state index in [0.29, 0.717) is 6.04 Å². The van der Waals surface area contributed by atoms with Crippen molar-refractivity contribution in [1.29, 1.82) is 0 Å². The number of benzene rings is 1. The largest absolute Gasteiger partial charge is 0.352 e. The molecule has 0 spiro atoms. The molecule has 2 fully saturated rings. The van der Waals surface area contributed by atoms with Gasteiger partial charge in [-0.3, -0.25) is 9.69 Å². The van der Waals surface area contributed by atoms with E-state index in [9.17, 15) is 4.79 Å². The van der Waals surface area contributed by atoms with Gasteiger partial charge in [-0.25, -0.2) is 0 Å². The summed E-state index contributed by atoms with van der Waals surface area (Å²) in [5, 5.41) is 3.16. The second-order valence-corrected chi connectivity index (χ2v) is 6.27. The highest BCUT2D eigenvalue weighted by atomic mass is 16.2. The van der Waals surface area contributed by atoms with Crippen molar-refractivity contribution in [3.05, 3.63) is 34.9 Å². The van der Waals surface area contributed by atoms with E-state index in [1.165, 1.54) is 16.7 Å². The molecule has 3 nitrogen and oxygen atoms in total. The van der Waals surface area contributed by atoms with Crippen LogP contribution in [0.1, 0.15) is 42.4 Å². The molecule has 1 atom stereocenters. The van der Waals surface area contributed by atoms with Gasteiger partial charge in [0.15, 0.2) is 0 Å². The van der Waals surface area contributed by atoms with Crippen LogP contribution >= 0.6 is 0 Å². The minimum Gasteiger partial charge on any atom is -0.352 e. The van der Waals surface area contributed by atoms with Crippen molar-refractivity contribution < 1.29 is 4.79 Å². The second kappa shape index (κ2) is 5.57. The molecule has 1 amide bonds. The number of aryl methyl sites for hydroxylation is 1. The molecular weight excluding hydrogens is 248 g/mol. The van der Waals surface area contributed by atoms with Gasteiger partial charge in [-0.2, -0.15) is 0 Å². The first-order chi connectivity index (χ1) is 9.65. The van der Waals surface area contributed by atoms with Gasteiger partial charge >= 0.3 is 0 Å². The average molecular weight is 272 g/mol. The summed E-state index contributed by atoms with van der Waals surface area (Å²) in [6, 6.07) is 7.00. The van der Waals surface area contributed by atoms with E-state index >= 15 is 0 Å².